The third kappa shape index (κ3) is 2.71. The zero-order valence-electron chi connectivity index (χ0n) is 9.39. The summed E-state index contributed by atoms with van der Waals surface area (Å²) in [6, 6.07) is 1.65. The topological polar surface area (TPSA) is 72.1 Å². The molecule has 5 nitrogen and oxygen atoms in total. The lowest BCUT2D eigenvalue weighted by Gasteiger charge is -2.16. The van der Waals surface area contributed by atoms with Gasteiger partial charge in [0.1, 0.15) is 11.6 Å². The van der Waals surface area contributed by atoms with Gasteiger partial charge < -0.3 is 5.73 Å². The van der Waals surface area contributed by atoms with Gasteiger partial charge in [-0.3, -0.25) is 9.69 Å². The molecule has 1 aromatic heterocycles. The predicted octanol–water partition coefficient (Wildman–Crippen LogP) is 1.53. The second-order valence-corrected chi connectivity index (χ2v) is 5.29. The molecule has 0 aromatic carbocycles. The van der Waals surface area contributed by atoms with Gasteiger partial charge in [-0.25, -0.2) is 9.97 Å². The zero-order valence-corrected chi connectivity index (χ0v) is 11.8. The molecule has 1 unspecified atom stereocenters. The summed E-state index contributed by atoms with van der Waals surface area (Å²) in [5.74, 6) is 1.45. The van der Waals surface area contributed by atoms with Crippen LogP contribution in [-0.2, 0) is 4.79 Å². The fraction of sp³-hybridized carbons (Fsp3) is 0.500. The quantitative estimate of drug-likeness (QED) is 0.520. The van der Waals surface area contributed by atoms with Gasteiger partial charge in [-0.05, 0) is 12.2 Å². The van der Waals surface area contributed by atoms with Crippen LogP contribution >= 0.6 is 27.7 Å². The minimum Gasteiger partial charge on any atom is -0.383 e. The van der Waals surface area contributed by atoms with Gasteiger partial charge in [0.2, 0.25) is 5.91 Å². The van der Waals surface area contributed by atoms with Crippen LogP contribution in [0.25, 0.3) is 0 Å². The molecular weight excluding hydrogens is 304 g/mol. The molecule has 0 aliphatic carbocycles. The Morgan fingerprint density at radius 3 is 3.00 bits per heavy atom. The lowest BCUT2D eigenvalue weighted by molar-refractivity contribution is -0.117. The summed E-state index contributed by atoms with van der Waals surface area (Å²) in [6.07, 6.45) is 2.44. The Bertz CT molecular complexity index is 442. The maximum Gasteiger partial charge on any atom is 0.228 e. The summed E-state index contributed by atoms with van der Waals surface area (Å²) in [5.41, 5.74) is 5.70. The van der Waals surface area contributed by atoms with Crippen LogP contribution < -0.4 is 10.6 Å². The smallest absolute Gasteiger partial charge is 0.228 e. The summed E-state index contributed by atoms with van der Waals surface area (Å²) in [6.45, 7) is 0.689. The number of hydrogen-bond acceptors (Lipinski definition) is 5. The first-order valence-corrected chi connectivity index (χ1v) is 7.53. The van der Waals surface area contributed by atoms with E-state index in [0.717, 1.165) is 5.33 Å². The fourth-order valence-electron chi connectivity index (χ4n) is 1.77. The molecule has 1 aliphatic rings. The van der Waals surface area contributed by atoms with Crippen LogP contribution in [0.3, 0.4) is 0 Å². The van der Waals surface area contributed by atoms with E-state index in [4.69, 9.17) is 5.73 Å². The van der Waals surface area contributed by atoms with E-state index in [1.54, 1.807) is 11.0 Å². The van der Waals surface area contributed by atoms with Crippen molar-refractivity contribution in [3.05, 3.63) is 6.07 Å². The molecule has 2 heterocycles. The molecule has 0 bridgehead atoms. The summed E-state index contributed by atoms with van der Waals surface area (Å²) in [7, 11) is 0. The molecule has 1 atom stereocenters. The third-order valence-corrected chi connectivity index (χ3v) is 4.06. The van der Waals surface area contributed by atoms with E-state index < -0.39 is 0 Å². The number of rotatable bonds is 3. The number of anilines is 2. The van der Waals surface area contributed by atoms with Crippen molar-refractivity contribution in [2.24, 2.45) is 5.92 Å². The van der Waals surface area contributed by atoms with Crippen molar-refractivity contribution in [2.75, 3.05) is 28.8 Å². The number of nitrogen functional groups attached to an aromatic ring is 1. The summed E-state index contributed by atoms with van der Waals surface area (Å²) < 4.78 is 0. The summed E-state index contributed by atoms with van der Waals surface area (Å²) in [4.78, 5) is 21.9. The lowest BCUT2D eigenvalue weighted by Crippen LogP contribution is -2.26. The van der Waals surface area contributed by atoms with Crippen molar-refractivity contribution in [3.8, 4) is 0 Å². The molecule has 1 amide bonds. The van der Waals surface area contributed by atoms with Crippen molar-refractivity contribution in [1.82, 2.24) is 9.97 Å². The van der Waals surface area contributed by atoms with E-state index in [1.807, 2.05) is 6.26 Å². The van der Waals surface area contributed by atoms with Crippen LogP contribution in [0.4, 0.5) is 11.6 Å². The first-order valence-electron chi connectivity index (χ1n) is 5.19. The van der Waals surface area contributed by atoms with Gasteiger partial charge in [0.15, 0.2) is 5.16 Å². The number of hydrogen-bond donors (Lipinski definition) is 1. The Balaban J connectivity index is 2.28. The van der Waals surface area contributed by atoms with E-state index in [-0.39, 0.29) is 5.91 Å². The Hall–Kier alpha value is -0.820. The maximum absolute atomic E-state index is 11.9. The second kappa shape index (κ2) is 5.22. The van der Waals surface area contributed by atoms with Gasteiger partial charge >= 0.3 is 0 Å². The average Bonchev–Trinajstić information content (AvgIpc) is 2.69. The number of halogens is 1. The van der Waals surface area contributed by atoms with Crippen molar-refractivity contribution >= 4 is 45.2 Å². The fourth-order valence-corrected chi connectivity index (χ4v) is 2.58. The maximum atomic E-state index is 11.9. The molecule has 92 valence electrons. The molecule has 0 saturated carbocycles. The largest absolute Gasteiger partial charge is 0.383 e. The van der Waals surface area contributed by atoms with Crippen LogP contribution in [0.2, 0.25) is 0 Å². The number of aromatic nitrogens is 2. The van der Waals surface area contributed by atoms with Crippen LogP contribution in [0.15, 0.2) is 11.2 Å². The van der Waals surface area contributed by atoms with Crippen LogP contribution in [0, 0.1) is 5.92 Å². The van der Waals surface area contributed by atoms with Crippen molar-refractivity contribution in [3.63, 3.8) is 0 Å². The van der Waals surface area contributed by atoms with Gasteiger partial charge in [0, 0.05) is 24.4 Å². The van der Waals surface area contributed by atoms with Gasteiger partial charge in [-0.1, -0.05) is 27.7 Å². The number of thioether (sulfide) groups is 1. The minimum absolute atomic E-state index is 0.0969. The van der Waals surface area contributed by atoms with Crippen LogP contribution in [0.1, 0.15) is 6.42 Å². The first kappa shape index (κ1) is 12.6. The molecule has 1 aromatic rings. The minimum atomic E-state index is 0.0969. The molecule has 2 N–H and O–H groups in total. The Kier molecular flexibility index (Phi) is 3.88. The molecule has 1 saturated heterocycles. The molecule has 1 aliphatic heterocycles. The Morgan fingerprint density at radius 1 is 1.65 bits per heavy atom. The average molecular weight is 317 g/mol. The number of alkyl halides is 1. The summed E-state index contributed by atoms with van der Waals surface area (Å²) >= 11 is 4.82. The van der Waals surface area contributed by atoms with Gasteiger partial charge in [0.05, 0.1) is 0 Å². The van der Waals surface area contributed by atoms with Gasteiger partial charge in [0.25, 0.3) is 0 Å². The van der Waals surface area contributed by atoms with E-state index >= 15 is 0 Å². The van der Waals surface area contributed by atoms with Crippen LogP contribution in [0.5, 0.6) is 0 Å². The van der Waals surface area contributed by atoms with Crippen molar-refractivity contribution < 1.29 is 4.79 Å². The molecule has 7 heteroatoms. The lowest BCUT2D eigenvalue weighted by atomic mass is 10.2. The number of carbonyl (C=O) groups excluding carboxylic acids is 1. The van der Waals surface area contributed by atoms with Crippen molar-refractivity contribution in [1.29, 1.82) is 0 Å². The number of nitrogens with zero attached hydrogens (tertiary/aromatic N) is 3. The Labute approximate surface area is 112 Å². The second-order valence-electron chi connectivity index (χ2n) is 3.87. The molecule has 0 radical (unpaired) electrons. The van der Waals surface area contributed by atoms with Crippen LogP contribution in [-0.4, -0.2) is 34.0 Å². The predicted molar refractivity (Wildman–Crippen MR) is 72.5 cm³/mol. The van der Waals surface area contributed by atoms with E-state index in [9.17, 15) is 4.79 Å². The highest BCUT2D eigenvalue weighted by Crippen LogP contribution is 2.26. The molecular formula is C10H13BrN4OS. The normalized spacial score (nSPS) is 20.0. The molecule has 0 spiro atoms. The molecule has 2 rings (SSSR count). The highest BCUT2D eigenvalue weighted by molar-refractivity contribution is 9.09. The first-order chi connectivity index (χ1) is 8.13. The number of nitrogens with two attached hydrogens (primary N) is 1. The number of amides is 1. The molecule has 17 heavy (non-hydrogen) atoms. The zero-order chi connectivity index (χ0) is 12.4. The standard InChI is InChI=1S/C10H13BrN4OS/c1-17-10-13-7(12)3-8(14-10)15-5-6(4-11)2-9(15)16/h3,6H,2,4-5H2,1H3,(H2,12,13,14). The van der Waals surface area contributed by atoms with E-state index in [1.165, 1.54) is 11.8 Å². The van der Waals surface area contributed by atoms with Crippen molar-refractivity contribution in [2.45, 2.75) is 11.6 Å². The van der Waals surface area contributed by atoms with Gasteiger partial charge in [-0.15, -0.1) is 0 Å². The molecule has 1 fully saturated rings. The van der Waals surface area contributed by atoms with E-state index in [2.05, 4.69) is 25.9 Å². The van der Waals surface area contributed by atoms with E-state index in [0.29, 0.717) is 35.7 Å². The van der Waals surface area contributed by atoms with Gasteiger partial charge in [-0.2, -0.15) is 0 Å². The monoisotopic (exact) mass is 316 g/mol. The highest BCUT2D eigenvalue weighted by Gasteiger charge is 2.31. The SMILES string of the molecule is CSc1nc(N)cc(N2CC(CBr)CC2=O)n1. The Morgan fingerprint density at radius 2 is 2.41 bits per heavy atom. The highest BCUT2D eigenvalue weighted by atomic mass is 79.9. The third-order valence-electron chi connectivity index (χ3n) is 2.59. The summed E-state index contributed by atoms with van der Waals surface area (Å²) in [5, 5.41) is 1.42. The number of carbonyl (C=O) groups is 1.